The van der Waals surface area contributed by atoms with Gasteiger partial charge in [0.05, 0.1) is 23.6 Å². The molecule has 27 heavy (non-hydrogen) atoms. The zero-order valence-electron chi connectivity index (χ0n) is 14.8. The van der Waals surface area contributed by atoms with Crippen LogP contribution in [0, 0.1) is 0 Å². The molecule has 1 fully saturated rings. The van der Waals surface area contributed by atoms with Gasteiger partial charge in [0.1, 0.15) is 16.7 Å². The van der Waals surface area contributed by atoms with Gasteiger partial charge in [0, 0.05) is 20.2 Å². The lowest BCUT2D eigenvalue weighted by molar-refractivity contribution is -0.137. The van der Waals surface area contributed by atoms with Gasteiger partial charge in [0.25, 0.3) is 0 Å². The predicted octanol–water partition coefficient (Wildman–Crippen LogP) is 3.78. The van der Waals surface area contributed by atoms with E-state index in [1.165, 1.54) is 24.9 Å². The van der Waals surface area contributed by atoms with Crippen LogP contribution in [-0.2, 0) is 15.7 Å². The Bertz CT molecular complexity index is 665. The molecule has 0 unspecified atom stereocenters. The number of alkyl halides is 3. The van der Waals surface area contributed by atoms with Crippen LogP contribution in [0.5, 0.6) is 5.75 Å². The van der Waals surface area contributed by atoms with Crippen LogP contribution in [0.4, 0.5) is 18.9 Å². The van der Waals surface area contributed by atoms with E-state index < -0.39 is 17.6 Å². The van der Waals surface area contributed by atoms with Gasteiger partial charge in [0.15, 0.2) is 0 Å². The van der Waals surface area contributed by atoms with E-state index in [0.29, 0.717) is 4.32 Å². The second kappa shape index (κ2) is 10.1. The number of methoxy groups -OCH3 is 1. The van der Waals surface area contributed by atoms with Gasteiger partial charge in [0.2, 0.25) is 5.91 Å². The first-order chi connectivity index (χ1) is 12.8. The lowest BCUT2D eigenvalue weighted by Gasteiger charge is -2.18. The summed E-state index contributed by atoms with van der Waals surface area (Å²) in [5, 5.41) is 2.49. The first-order valence-corrected chi connectivity index (χ1v) is 9.75. The van der Waals surface area contributed by atoms with Crippen molar-refractivity contribution in [3.8, 4) is 5.75 Å². The predicted molar refractivity (Wildman–Crippen MR) is 103 cm³/mol. The fourth-order valence-corrected chi connectivity index (χ4v) is 3.52. The molecule has 0 bridgehead atoms. The van der Waals surface area contributed by atoms with Gasteiger partial charge < -0.3 is 19.7 Å². The van der Waals surface area contributed by atoms with E-state index in [0.717, 1.165) is 38.1 Å². The van der Waals surface area contributed by atoms with Crippen molar-refractivity contribution in [1.82, 2.24) is 4.90 Å². The highest BCUT2D eigenvalue weighted by Gasteiger charge is 2.31. The lowest BCUT2D eigenvalue weighted by atomic mass is 10.1. The van der Waals surface area contributed by atoms with Gasteiger partial charge in [-0.05, 0) is 31.0 Å². The minimum atomic E-state index is -4.52. The van der Waals surface area contributed by atoms with Crippen LogP contribution in [0.15, 0.2) is 18.2 Å². The van der Waals surface area contributed by atoms with Gasteiger partial charge in [-0.3, -0.25) is 4.79 Å². The normalized spacial score (nSPS) is 14.3. The van der Waals surface area contributed by atoms with Gasteiger partial charge in [-0.2, -0.15) is 13.2 Å². The van der Waals surface area contributed by atoms with Crippen molar-refractivity contribution in [3.63, 3.8) is 0 Å². The van der Waals surface area contributed by atoms with E-state index in [4.69, 9.17) is 21.7 Å². The summed E-state index contributed by atoms with van der Waals surface area (Å²) >= 11 is 6.48. The number of thioether (sulfide) groups is 1. The Hall–Kier alpha value is -1.52. The number of halogens is 3. The van der Waals surface area contributed by atoms with Crippen molar-refractivity contribution in [3.05, 3.63) is 23.8 Å². The number of likely N-dealkylation sites (tertiary alicyclic amines) is 1. The molecular formula is C17H21F3N2O3S2. The number of hydrogen-bond acceptors (Lipinski definition) is 5. The molecule has 1 saturated heterocycles. The minimum Gasteiger partial charge on any atom is -0.489 e. The molecule has 1 amide bonds. The molecule has 0 aromatic heterocycles. The zero-order valence-corrected chi connectivity index (χ0v) is 16.4. The Morgan fingerprint density at radius 2 is 2.00 bits per heavy atom. The topological polar surface area (TPSA) is 50.8 Å². The quantitative estimate of drug-likeness (QED) is 0.533. The zero-order chi connectivity index (χ0) is 19.9. The molecule has 0 saturated carbocycles. The second-order valence-electron chi connectivity index (χ2n) is 5.85. The van der Waals surface area contributed by atoms with Crippen LogP contribution in [0.1, 0.15) is 18.4 Å². The summed E-state index contributed by atoms with van der Waals surface area (Å²) in [5.74, 6) is -0.277. The Morgan fingerprint density at radius 1 is 1.30 bits per heavy atom. The van der Waals surface area contributed by atoms with Gasteiger partial charge in [-0.25, -0.2) is 0 Å². The molecule has 1 aromatic rings. The average molecular weight is 422 g/mol. The van der Waals surface area contributed by atoms with E-state index >= 15 is 0 Å². The number of ether oxygens (including phenoxy) is 2. The molecule has 0 spiro atoms. The number of benzene rings is 1. The van der Waals surface area contributed by atoms with Crippen molar-refractivity contribution in [2.24, 2.45) is 0 Å². The maximum atomic E-state index is 13.0. The summed E-state index contributed by atoms with van der Waals surface area (Å²) in [5.41, 5.74) is -0.893. The number of nitrogens with zero attached hydrogens (tertiary/aromatic N) is 1. The molecule has 2 rings (SSSR count). The number of anilines is 1. The SMILES string of the molecule is COCCOc1ccc(C(F)(F)F)cc1NC(=O)CSC(=S)N1CCCC1. The monoisotopic (exact) mass is 422 g/mol. The Balaban J connectivity index is 2.01. The Morgan fingerprint density at radius 3 is 2.63 bits per heavy atom. The number of carbonyl (C=O) groups is 1. The third-order valence-electron chi connectivity index (χ3n) is 3.82. The molecule has 1 N–H and O–H groups in total. The summed E-state index contributed by atoms with van der Waals surface area (Å²) in [6.45, 7) is 2.17. The fraction of sp³-hybridized carbons (Fsp3) is 0.529. The molecule has 1 heterocycles. The number of rotatable bonds is 7. The smallest absolute Gasteiger partial charge is 0.416 e. The molecule has 150 valence electrons. The van der Waals surface area contributed by atoms with E-state index in [9.17, 15) is 18.0 Å². The highest BCUT2D eigenvalue weighted by Crippen LogP contribution is 2.35. The number of amides is 1. The van der Waals surface area contributed by atoms with E-state index in [1.807, 2.05) is 4.90 Å². The van der Waals surface area contributed by atoms with Crippen molar-refractivity contribution in [2.75, 3.05) is 44.5 Å². The molecular weight excluding hydrogens is 401 g/mol. The fourth-order valence-electron chi connectivity index (χ4n) is 2.47. The van der Waals surface area contributed by atoms with Crippen LogP contribution in [0.3, 0.4) is 0 Å². The molecule has 1 aliphatic heterocycles. The number of hydrogen-bond donors (Lipinski definition) is 1. The number of carbonyl (C=O) groups excluding carboxylic acids is 1. The third-order valence-corrected chi connectivity index (χ3v) is 5.34. The van der Waals surface area contributed by atoms with E-state index in [-0.39, 0.29) is 30.4 Å². The molecule has 5 nitrogen and oxygen atoms in total. The van der Waals surface area contributed by atoms with Crippen molar-refractivity contribution >= 4 is 39.9 Å². The molecule has 0 aliphatic carbocycles. The summed E-state index contributed by atoms with van der Waals surface area (Å²) in [6, 6.07) is 2.97. The van der Waals surface area contributed by atoms with Crippen LogP contribution in [0.2, 0.25) is 0 Å². The summed E-state index contributed by atoms with van der Waals surface area (Å²) in [6.07, 6.45) is -2.38. The first kappa shape index (κ1) is 21.8. The van der Waals surface area contributed by atoms with E-state index in [2.05, 4.69) is 5.32 Å². The Kier molecular flexibility index (Phi) is 8.18. The van der Waals surface area contributed by atoms with Gasteiger partial charge in [-0.15, -0.1) is 0 Å². The molecule has 10 heteroatoms. The maximum absolute atomic E-state index is 13.0. The number of thiocarbonyl (C=S) groups is 1. The average Bonchev–Trinajstić information content (AvgIpc) is 3.15. The Labute approximate surface area is 165 Å². The third kappa shape index (κ3) is 6.86. The van der Waals surface area contributed by atoms with E-state index in [1.54, 1.807) is 0 Å². The standard InChI is InChI=1S/C17H21F3N2O3S2/c1-24-8-9-25-14-5-4-12(17(18,19)20)10-13(14)21-15(23)11-27-16(26)22-6-2-3-7-22/h4-5,10H,2-3,6-9,11H2,1H3,(H,21,23). The van der Waals surface area contributed by atoms with Crippen LogP contribution in [0.25, 0.3) is 0 Å². The van der Waals surface area contributed by atoms with Crippen molar-refractivity contribution in [2.45, 2.75) is 19.0 Å². The highest BCUT2D eigenvalue weighted by atomic mass is 32.2. The molecule has 0 atom stereocenters. The van der Waals surface area contributed by atoms with Gasteiger partial charge >= 0.3 is 6.18 Å². The molecule has 1 aromatic carbocycles. The van der Waals surface area contributed by atoms with Gasteiger partial charge in [-0.1, -0.05) is 24.0 Å². The first-order valence-electron chi connectivity index (χ1n) is 8.36. The van der Waals surface area contributed by atoms with Crippen LogP contribution in [-0.4, -0.2) is 54.3 Å². The largest absolute Gasteiger partial charge is 0.489 e. The maximum Gasteiger partial charge on any atom is 0.416 e. The molecule has 1 aliphatic rings. The second-order valence-corrected chi connectivity index (χ2v) is 7.46. The minimum absolute atomic E-state index is 0.0170. The van der Waals surface area contributed by atoms with Crippen LogP contribution < -0.4 is 10.1 Å². The van der Waals surface area contributed by atoms with Crippen LogP contribution >= 0.6 is 24.0 Å². The summed E-state index contributed by atoms with van der Waals surface area (Å²) in [4.78, 5) is 14.2. The van der Waals surface area contributed by atoms with Crippen molar-refractivity contribution in [1.29, 1.82) is 0 Å². The number of nitrogens with one attached hydrogen (secondary N) is 1. The summed E-state index contributed by atoms with van der Waals surface area (Å²) < 4.78 is 49.8. The highest BCUT2D eigenvalue weighted by molar-refractivity contribution is 8.23. The van der Waals surface area contributed by atoms with Crippen molar-refractivity contribution < 1.29 is 27.4 Å². The molecule has 0 radical (unpaired) electrons. The lowest BCUT2D eigenvalue weighted by Crippen LogP contribution is -2.25. The summed E-state index contributed by atoms with van der Waals surface area (Å²) in [7, 11) is 1.49.